The maximum Gasteiger partial charge on any atom is 0.0684 e. The summed E-state index contributed by atoms with van der Waals surface area (Å²) in [5.41, 5.74) is 11.0. The molecule has 20 heavy (non-hydrogen) atoms. The number of allylic oxidation sites excluding steroid dienone is 1. The number of hydrogen-bond donors (Lipinski definition) is 1. The van der Waals surface area contributed by atoms with E-state index in [0.29, 0.717) is 0 Å². The summed E-state index contributed by atoms with van der Waals surface area (Å²) in [6.07, 6.45) is 4.52. The van der Waals surface area contributed by atoms with Gasteiger partial charge in [-0.25, -0.2) is 0 Å². The Labute approximate surface area is 125 Å². The summed E-state index contributed by atoms with van der Waals surface area (Å²) in [6.45, 7) is 6.19. The smallest absolute Gasteiger partial charge is 0.0684 e. The van der Waals surface area contributed by atoms with Crippen LogP contribution in [0.3, 0.4) is 0 Å². The second-order valence-electron chi connectivity index (χ2n) is 4.93. The Balaban J connectivity index is 1.97. The van der Waals surface area contributed by atoms with Gasteiger partial charge in [0.2, 0.25) is 0 Å². The third-order valence-electron chi connectivity index (χ3n) is 3.40. The Morgan fingerprint density at radius 2 is 2.10 bits per heavy atom. The van der Waals surface area contributed by atoms with Crippen LogP contribution in [0, 0.1) is 6.92 Å². The lowest BCUT2D eigenvalue weighted by Crippen LogP contribution is -1.97. The maximum absolute atomic E-state index is 6.17. The molecule has 0 bridgehead atoms. The number of nitrogens with two attached hydrogens (primary N) is 1. The fraction of sp³-hybridized carbons (Fsp3) is 0.235. The molecule has 0 amide bonds. The molecule has 0 aliphatic rings. The van der Waals surface area contributed by atoms with Crippen molar-refractivity contribution in [2.24, 2.45) is 0 Å². The quantitative estimate of drug-likeness (QED) is 0.812. The summed E-state index contributed by atoms with van der Waals surface area (Å²) in [7, 11) is 0. The highest BCUT2D eigenvalue weighted by Gasteiger charge is 2.07. The van der Waals surface area contributed by atoms with E-state index in [1.165, 1.54) is 0 Å². The first kappa shape index (κ1) is 14.6. The summed E-state index contributed by atoms with van der Waals surface area (Å²) in [6, 6.07) is 9.64. The number of benzene rings is 1. The van der Waals surface area contributed by atoms with E-state index in [1.54, 1.807) is 6.20 Å². The van der Waals surface area contributed by atoms with Crippen molar-refractivity contribution in [3.63, 3.8) is 0 Å². The van der Waals surface area contributed by atoms with Gasteiger partial charge in [0.1, 0.15) is 0 Å². The molecular weight excluding hydrogens is 268 g/mol. The van der Waals surface area contributed by atoms with Crippen molar-refractivity contribution in [1.29, 1.82) is 0 Å². The van der Waals surface area contributed by atoms with E-state index in [9.17, 15) is 0 Å². The Hall–Kier alpha value is -1.80. The average Bonchev–Trinajstić information content (AvgIpc) is 2.42. The van der Waals surface area contributed by atoms with Crippen molar-refractivity contribution in [2.45, 2.75) is 26.2 Å². The van der Waals surface area contributed by atoms with Gasteiger partial charge in [-0.15, -0.1) is 0 Å². The summed E-state index contributed by atoms with van der Waals surface area (Å²) in [5.74, 6) is 0. The van der Waals surface area contributed by atoms with Gasteiger partial charge < -0.3 is 5.73 Å². The van der Waals surface area contributed by atoms with Gasteiger partial charge in [-0.1, -0.05) is 30.3 Å². The molecule has 2 nitrogen and oxygen atoms in total. The molecule has 0 aliphatic carbocycles. The van der Waals surface area contributed by atoms with Gasteiger partial charge in [0.15, 0.2) is 0 Å². The minimum atomic E-state index is 0.740. The van der Waals surface area contributed by atoms with Crippen molar-refractivity contribution >= 4 is 22.9 Å². The van der Waals surface area contributed by atoms with E-state index >= 15 is 0 Å². The molecule has 2 rings (SSSR count). The highest BCUT2D eigenvalue weighted by atomic mass is 35.5. The van der Waals surface area contributed by atoms with E-state index < -0.39 is 0 Å². The molecule has 0 saturated heterocycles. The molecule has 1 aromatic heterocycles. The van der Waals surface area contributed by atoms with Crippen LogP contribution < -0.4 is 5.73 Å². The number of nitrogens with zero attached hydrogens (tertiary/aromatic N) is 1. The van der Waals surface area contributed by atoms with Crippen LogP contribution in [-0.4, -0.2) is 4.98 Å². The fourth-order valence-corrected chi connectivity index (χ4v) is 2.57. The molecule has 1 aromatic carbocycles. The Morgan fingerprint density at radius 3 is 2.80 bits per heavy atom. The highest BCUT2D eigenvalue weighted by Crippen LogP contribution is 2.26. The summed E-state index contributed by atoms with van der Waals surface area (Å²) < 4.78 is 0. The van der Waals surface area contributed by atoms with E-state index in [1.807, 2.05) is 24.3 Å². The maximum atomic E-state index is 6.17. The lowest BCUT2D eigenvalue weighted by Gasteiger charge is -2.10. The van der Waals surface area contributed by atoms with Gasteiger partial charge in [-0.2, -0.15) is 0 Å². The minimum Gasteiger partial charge on any atom is -0.398 e. The molecule has 0 fully saturated rings. The zero-order valence-electron chi connectivity index (χ0n) is 11.7. The highest BCUT2D eigenvalue weighted by molar-refractivity contribution is 6.31. The summed E-state index contributed by atoms with van der Waals surface area (Å²) >= 11 is 6.17. The molecule has 104 valence electrons. The van der Waals surface area contributed by atoms with Gasteiger partial charge in [0, 0.05) is 16.9 Å². The van der Waals surface area contributed by atoms with E-state index in [2.05, 4.69) is 24.6 Å². The number of anilines is 1. The Kier molecular flexibility index (Phi) is 4.80. The van der Waals surface area contributed by atoms with Gasteiger partial charge in [0.05, 0.1) is 5.69 Å². The molecule has 0 atom stereocenters. The molecule has 0 spiro atoms. The number of nitrogen functional groups attached to an aromatic ring is 1. The number of rotatable bonds is 5. The SMILES string of the molecule is C=C(CCCc1c(N)cccc1Cl)c1ncccc1C. The van der Waals surface area contributed by atoms with Crippen LogP contribution in [0.5, 0.6) is 0 Å². The van der Waals surface area contributed by atoms with Crippen LogP contribution >= 0.6 is 11.6 Å². The standard InChI is InChI=1S/C17H19ClN2/c1-12(17-13(2)7-5-11-20-17)6-3-8-14-15(18)9-4-10-16(14)19/h4-5,7,9-11H,1,3,6,8,19H2,2H3. The van der Waals surface area contributed by atoms with Crippen LogP contribution in [0.25, 0.3) is 5.57 Å². The predicted octanol–water partition coefficient (Wildman–Crippen LogP) is 4.66. The lowest BCUT2D eigenvalue weighted by molar-refractivity contribution is 0.852. The molecule has 0 saturated carbocycles. The molecule has 0 radical (unpaired) electrons. The van der Waals surface area contributed by atoms with Gasteiger partial charge in [-0.3, -0.25) is 4.98 Å². The number of aryl methyl sites for hydroxylation is 1. The molecule has 0 unspecified atom stereocenters. The molecule has 2 aromatic rings. The Bertz CT molecular complexity index is 600. The van der Waals surface area contributed by atoms with E-state index in [0.717, 1.165) is 52.4 Å². The van der Waals surface area contributed by atoms with Crippen LogP contribution in [0.4, 0.5) is 5.69 Å². The first-order chi connectivity index (χ1) is 9.59. The van der Waals surface area contributed by atoms with Crippen LogP contribution in [0.15, 0.2) is 43.1 Å². The number of pyridine rings is 1. The summed E-state index contributed by atoms with van der Waals surface area (Å²) in [5, 5.41) is 0.740. The predicted molar refractivity (Wildman–Crippen MR) is 86.8 cm³/mol. The average molecular weight is 287 g/mol. The van der Waals surface area contributed by atoms with Gasteiger partial charge in [0.25, 0.3) is 0 Å². The fourth-order valence-electron chi connectivity index (χ4n) is 2.29. The zero-order chi connectivity index (χ0) is 14.5. The van der Waals surface area contributed by atoms with E-state index in [4.69, 9.17) is 17.3 Å². The molecule has 0 aliphatic heterocycles. The van der Waals surface area contributed by atoms with Crippen molar-refractivity contribution in [3.05, 3.63) is 65.0 Å². The van der Waals surface area contributed by atoms with Gasteiger partial charge in [-0.05, 0) is 61.1 Å². The molecule has 3 heteroatoms. The molecule has 1 heterocycles. The summed E-state index contributed by atoms with van der Waals surface area (Å²) in [4.78, 5) is 4.39. The lowest BCUT2D eigenvalue weighted by atomic mass is 10.00. The molecule has 2 N–H and O–H groups in total. The second kappa shape index (κ2) is 6.58. The number of hydrogen-bond acceptors (Lipinski definition) is 2. The third kappa shape index (κ3) is 3.40. The van der Waals surface area contributed by atoms with Crippen LogP contribution in [0.2, 0.25) is 5.02 Å². The topological polar surface area (TPSA) is 38.9 Å². The number of aromatic nitrogens is 1. The minimum absolute atomic E-state index is 0.740. The first-order valence-corrected chi connectivity index (χ1v) is 7.10. The van der Waals surface area contributed by atoms with Gasteiger partial charge >= 0.3 is 0 Å². The Morgan fingerprint density at radius 1 is 1.30 bits per heavy atom. The monoisotopic (exact) mass is 286 g/mol. The normalized spacial score (nSPS) is 10.5. The van der Waals surface area contributed by atoms with Crippen LogP contribution in [-0.2, 0) is 6.42 Å². The molecular formula is C17H19ClN2. The van der Waals surface area contributed by atoms with E-state index in [-0.39, 0.29) is 0 Å². The second-order valence-corrected chi connectivity index (χ2v) is 5.34. The van der Waals surface area contributed by atoms with Crippen LogP contribution in [0.1, 0.15) is 29.7 Å². The van der Waals surface area contributed by atoms with Crippen molar-refractivity contribution in [2.75, 3.05) is 5.73 Å². The first-order valence-electron chi connectivity index (χ1n) is 6.72. The van der Waals surface area contributed by atoms with Crippen molar-refractivity contribution in [3.8, 4) is 0 Å². The third-order valence-corrected chi connectivity index (χ3v) is 3.76. The number of halogens is 1. The largest absolute Gasteiger partial charge is 0.398 e. The van der Waals surface area contributed by atoms with Crippen molar-refractivity contribution < 1.29 is 0 Å². The zero-order valence-corrected chi connectivity index (χ0v) is 12.5. The van der Waals surface area contributed by atoms with Crippen molar-refractivity contribution in [1.82, 2.24) is 4.98 Å².